The average Bonchev–Trinajstić information content (AvgIpc) is 2.55. The van der Waals surface area contributed by atoms with Crippen LogP contribution in [0.4, 0.5) is 0 Å². The second-order valence-corrected chi connectivity index (χ2v) is 4.96. The van der Waals surface area contributed by atoms with E-state index in [1.807, 2.05) is 30.3 Å². The molecule has 3 aromatic rings. The lowest BCUT2D eigenvalue weighted by atomic mass is 10.0. The molecule has 0 unspecified atom stereocenters. The molecular weight excluding hydrogens is 278 g/mol. The number of hydrogen-bond donors (Lipinski definition) is 1. The zero-order valence-electron chi connectivity index (χ0n) is 12.1. The molecule has 3 rings (SSSR count). The summed E-state index contributed by atoms with van der Waals surface area (Å²) in [6.07, 6.45) is 4.17. The van der Waals surface area contributed by atoms with Crippen molar-refractivity contribution in [2.24, 2.45) is 5.73 Å². The Hall–Kier alpha value is -2.95. The molecule has 1 amide bonds. The Morgan fingerprint density at radius 2 is 1.91 bits per heavy atom. The summed E-state index contributed by atoms with van der Waals surface area (Å²) >= 11 is 0. The zero-order valence-corrected chi connectivity index (χ0v) is 12.1. The number of hydrogen-bond acceptors (Lipinski definition) is 4. The number of fused-ring (bicyclic) bond motifs is 1. The predicted octanol–water partition coefficient (Wildman–Crippen LogP) is 2.33. The van der Waals surface area contributed by atoms with Gasteiger partial charge >= 0.3 is 0 Å². The van der Waals surface area contributed by atoms with E-state index in [0.29, 0.717) is 6.42 Å². The number of aromatic nitrogens is 2. The largest absolute Gasteiger partial charge is 0.497 e. The molecule has 0 radical (unpaired) electrons. The van der Waals surface area contributed by atoms with Gasteiger partial charge in [-0.2, -0.15) is 0 Å². The molecular formula is C17H15N3O2. The zero-order chi connectivity index (χ0) is 15.5. The summed E-state index contributed by atoms with van der Waals surface area (Å²) in [5.74, 6) is 0.281. The van der Waals surface area contributed by atoms with Crippen molar-refractivity contribution >= 4 is 16.8 Å². The van der Waals surface area contributed by atoms with E-state index >= 15 is 0 Å². The highest BCUT2D eigenvalue weighted by atomic mass is 16.5. The fourth-order valence-electron chi connectivity index (χ4n) is 2.33. The number of rotatable bonds is 4. The van der Waals surface area contributed by atoms with E-state index in [1.54, 1.807) is 25.6 Å². The topological polar surface area (TPSA) is 78.1 Å². The van der Waals surface area contributed by atoms with Gasteiger partial charge in [-0.15, -0.1) is 0 Å². The maximum atomic E-state index is 11.3. The van der Waals surface area contributed by atoms with Gasteiger partial charge in [0.25, 0.3) is 5.91 Å². The molecule has 5 nitrogen and oxygen atoms in total. The second-order valence-electron chi connectivity index (χ2n) is 4.96. The minimum atomic E-state index is -0.533. The quantitative estimate of drug-likeness (QED) is 0.800. The van der Waals surface area contributed by atoms with E-state index in [2.05, 4.69) is 9.97 Å². The van der Waals surface area contributed by atoms with Crippen LogP contribution >= 0.6 is 0 Å². The number of amides is 1. The Bertz CT molecular complexity index is 829. The number of nitrogens with two attached hydrogens (primary N) is 1. The highest BCUT2D eigenvalue weighted by Crippen LogP contribution is 2.20. The molecule has 2 heterocycles. The maximum absolute atomic E-state index is 11.3. The van der Waals surface area contributed by atoms with E-state index in [-0.39, 0.29) is 5.69 Å². The monoisotopic (exact) mass is 293 g/mol. The number of carbonyl (C=O) groups excluding carboxylic acids is 1. The molecule has 22 heavy (non-hydrogen) atoms. The number of nitrogens with zero attached hydrogens (tertiary/aromatic N) is 2. The number of pyridine rings is 2. The molecule has 0 aliphatic carbocycles. The van der Waals surface area contributed by atoms with Crippen molar-refractivity contribution in [2.45, 2.75) is 6.42 Å². The fourth-order valence-corrected chi connectivity index (χ4v) is 2.33. The molecule has 5 heteroatoms. The summed E-state index contributed by atoms with van der Waals surface area (Å²) < 4.78 is 5.16. The normalized spacial score (nSPS) is 10.6. The van der Waals surface area contributed by atoms with Gasteiger partial charge in [-0.05, 0) is 29.8 Å². The molecule has 0 atom stereocenters. The molecule has 0 aliphatic rings. The molecule has 0 fully saturated rings. The Morgan fingerprint density at radius 3 is 2.59 bits per heavy atom. The van der Waals surface area contributed by atoms with Crippen LogP contribution in [-0.2, 0) is 6.42 Å². The summed E-state index contributed by atoms with van der Waals surface area (Å²) in [7, 11) is 1.64. The summed E-state index contributed by atoms with van der Waals surface area (Å²) in [4.78, 5) is 19.9. The molecule has 0 spiro atoms. The molecule has 2 N–H and O–H groups in total. The number of benzene rings is 1. The van der Waals surface area contributed by atoms with Crippen LogP contribution in [-0.4, -0.2) is 23.0 Å². The van der Waals surface area contributed by atoms with Crippen LogP contribution in [0.15, 0.2) is 48.8 Å². The second kappa shape index (κ2) is 5.81. The van der Waals surface area contributed by atoms with Crippen LogP contribution in [0.5, 0.6) is 5.75 Å². The van der Waals surface area contributed by atoms with Crippen LogP contribution in [0.3, 0.4) is 0 Å². The SMILES string of the molecule is COc1ccc(Cc2cncc3ccc(C(N)=O)nc23)cc1. The van der Waals surface area contributed by atoms with Crippen molar-refractivity contribution in [2.75, 3.05) is 7.11 Å². The van der Waals surface area contributed by atoms with Gasteiger partial charge in [-0.1, -0.05) is 12.1 Å². The van der Waals surface area contributed by atoms with Gasteiger partial charge in [-0.3, -0.25) is 9.78 Å². The van der Waals surface area contributed by atoms with Gasteiger partial charge in [0.1, 0.15) is 11.4 Å². The van der Waals surface area contributed by atoms with Crippen LogP contribution < -0.4 is 10.5 Å². The molecule has 0 aliphatic heterocycles. The van der Waals surface area contributed by atoms with Gasteiger partial charge in [0.2, 0.25) is 0 Å². The molecule has 0 saturated heterocycles. The lowest BCUT2D eigenvalue weighted by Crippen LogP contribution is -2.13. The average molecular weight is 293 g/mol. The number of primary amides is 1. The molecule has 2 aromatic heterocycles. The third-order valence-corrected chi connectivity index (χ3v) is 3.48. The van der Waals surface area contributed by atoms with E-state index in [4.69, 9.17) is 10.5 Å². The third-order valence-electron chi connectivity index (χ3n) is 3.48. The Labute approximate surface area is 127 Å². The smallest absolute Gasteiger partial charge is 0.267 e. The van der Waals surface area contributed by atoms with Gasteiger partial charge in [0.15, 0.2) is 0 Å². The first-order valence-electron chi connectivity index (χ1n) is 6.84. The number of methoxy groups -OCH3 is 1. The Morgan fingerprint density at radius 1 is 1.14 bits per heavy atom. The van der Waals surface area contributed by atoms with Gasteiger partial charge < -0.3 is 10.5 Å². The highest BCUT2D eigenvalue weighted by Gasteiger charge is 2.08. The predicted molar refractivity (Wildman–Crippen MR) is 83.9 cm³/mol. The Balaban J connectivity index is 2.01. The fraction of sp³-hybridized carbons (Fsp3) is 0.118. The van der Waals surface area contributed by atoms with Crippen molar-refractivity contribution in [1.29, 1.82) is 0 Å². The maximum Gasteiger partial charge on any atom is 0.267 e. The first-order chi connectivity index (χ1) is 10.7. The lowest BCUT2D eigenvalue weighted by molar-refractivity contribution is 0.0996. The van der Waals surface area contributed by atoms with E-state index in [9.17, 15) is 4.79 Å². The first kappa shape index (κ1) is 14.0. The van der Waals surface area contributed by atoms with Gasteiger partial charge in [0.05, 0.1) is 12.6 Å². The first-order valence-corrected chi connectivity index (χ1v) is 6.84. The van der Waals surface area contributed by atoms with Crippen molar-refractivity contribution < 1.29 is 9.53 Å². The van der Waals surface area contributed by atoms with Gasteiger partial charge in [-0.25, -0.2) is 4.98 Å². The number of ether oxygens (including phenoxy) is 1. The standard InChI is InChI=1S/C17H15N3O2/c1-22-14-5-2-11(3-6-14)8-13-10-19-9-12-4-7-15(17(18)21)20-16(12)13/h2-7,9-10H,8H2,1H3,(H2,18,21). The minimum Gasteiger partial charge on any atom is -0.497 e. The van der Waals surface area contributed by atoms with Crippen LogP contribution in [0.2, 0.25) is 0 Å². The van der Waals surface area contributed by atoms with Crippen LogP contribution in [0.25, 0.3) is 10.9 Å². The van der Waals surface area contributed by atoms with Crippen molar-refractivity contribution in [1.82, 2.24) is 9.97 Å². The lowest BCUT2D eigenvalue weighted by Gasteiger charge is -2.07. The van der Waals surface area contributed by atoms with E-state index < -0.39 is 5.91 Å². The minimum absolute atomic E-state index is 0.259. The molecule has 1 aromatic carbocycles. The van der Waals surface area contributed by atoms with Gasteiger partial charge in [0, 0.05) is 29.8 Å². The summed E-state index contributed by atoms with van der Waals surface area (Å²) in [6, 6.07) is 11.2. The molecule has 0 bridgehead atoms. The highest BCUT2D eigenvalue weighted by molar-refractivity contribution is 5.94. The van der Waals surface area contributed by atoms with Crippen molar-refractivity contribution in [3.63, 3.8) is 0 Å². The van der Waals surface area contributed by atoms with E-state index in [1.165, 1.54) is 0 Å². The number of carbonyl (C=O) groups is 1. The molecule has 110 valence electrons. The van der Waals surface area contributed by atoms with Crippen LogP contribution in [0.1, 0.15) is 21.6 Å². The van der Waals surface area contributed by atoms with Crippen molar-refractivity contribution in [3.8, 4) is 5.75 Å². The molecule has 0 saturated carbocycles. The van der Waals surface area contributed by atoms with Crippen molar-refractivity contribution in [3.05, 3.63) is 65.6 Å². The summed E-state index contributed by atoms with van der Waals surface area (Å²) in [6.45, 7) is 0. The Kier molecular flexibility index (Phi) is 3.70. The van der Waals surface area contributed by atoms with E-state index in [0.717, 1.165) is 27.8 Å². The summed E-state index contributed by atoms with van der Waals surface area (Å²) in [5.41, 5.74) is 8.38. The third kappa shape index (κ3) is 2.74. The summed E-state index contributed by atoms with van der Waals surface area (Å²) in [5, 5.41) is 0.885. The van der Waals surface area contributed by atoms with Crippen LogP contribution in [0, 0.1) is 0 Å².